The van der Waals surface area contributed by atoms with E-state index < -0.39 is 50.8 Å². The number of phenolic OH excluding ortho intramolecular Hbond substituents is 1. The molecule has 2 aliphatic carbocycles. The number of phenols is 1. The number of hydrogen-bond acceptors (Lipinski definition) is 6. The van der Waals surface area contributed by atoms with Gasteiger partial charge in [0.1, 0.15) is 0 Å². The van der Waals surface area contributed by atoms with Crippen LogP contribution in [0, 0.1) is 23.7 Å². The summed E-state index contributed by atoms with van der Waals surface area (Å²) in [5.41, 5.74) is 0.687. The topological polar surface area (TPSA) is 104 Å². The molecule has 1 aromatic rings. The van der Waals surface area contributed by atoms with E-state index in [2.05, 4.69) is 0 Å². The molecule has 4 aliphatic rings. The van der Waals surface area contributed by atoms with Crippen molar-refractivity contribution in [3.63, 3.8) is 0 Å². The van der Waals surface area contributed by atoms with Gasteiger partial charge in [-0.05, 0) is 57.2 Å². The zero-order valence-corrected chi connectivity index (χ0v) is 23.3. The van der Waals surface area contributed by atoms with E-state index >= 15 is 0 Å². The van der Waals surface area contributed by atoms with Crippen molar-refractivity contribution in [1.82, 2.24) is 9.80 Å². The van der Waals surface area contributed by atoms with Gasteiger partial charge in [0.2, 0.25) is 11.8 Å². The number of benzene rings is 1. The second-order valence-electron chi connectivity index (χ2n) is 11.5. The number of allylic oxidation sites excluding steroid dienone is 3. The van der Waals surface area contributed by atoms with Gasteiger partial charge in [-0.1, -0.05) is 29.9 Å². The summed E-state index contributed by atoms with van der Waals surface area (Å²) in [7, 11) is 2.79. The van der Waals surface area contributed by atoms with Crippen LogP contribution >= 0.6 is 23.2 Å². The number of halogens is 2. The quantitative estimate of drug-likeness (QED) is 0.343. The molecule has 3 fully saturated rings. The predicted molar refractivity (Wildman–Crippen MR) is 142 cm³/mol. The Morgan fingerprint density at radius 3 is 2.39 bits per heavy atom. The van der Waals surface area contributed by atoms with Gasteiger partial charge >= 0.3 is 0 Å². The van der Waals surface area contributed by atoms with Gasteiger partial charge in [0.05, 0.1) is 18.9 Å². The van der Waals surface area contributed by atoms with E-state index in [4.69, 9.17) is 27.9 Å². The molecule has 2 heterocycles. The maximum Gasteiger partial charge on any atom is 0.253 e. The molecule has 5 rings (SSSR count). The average Bonchev–Trinajstić information content (AvgIpc) is 3.19. The summed E-state index contributed by atoms with van der Waals surface area (Å²) in [6, 6.07) is 4.78. The Hall–Kier alpha value is -2.84. The van der Waals surface area contributed by atoms with Crippen LogP contribution in [-0.2, 0) is 19.2 Å². The number of imide groups is 2. The van der Waals surface area contributed by atoms with E-state index in [9.17, 15) is 24.3 Å². The second kappa shape index (κ2) is 8.58. The number of likely N-dealkylation sites (tertiary alicyclic amines) is 2. The third-order valence-corrected chi connectivity index (χ3v) is 9.86. The van der Waals surface area contributed by atoms with E-state index in [0.717, 1.165) is 10.5 Å². The maximum atomic E-state index is 13.7. The fourth-order valence-corrected chi connectivity index (χ4v) is 7.63. The monoisotopic (exact) mass is 560 g/mol. The van der Waals surface area contributed by atoms with Gasteiger partial charge < -0.3 is 9.84 Å². The first-order chi connectivity index (χ1) is 17.7. The zero-order chi connectivity index (χ0) is 27.9. The van der Waals surface area contributed by atoms with Gasteiger partial charge in [-0.25, -0.2) is 0 Å². The third kappa shape index (κ3) is 3.42. The Bertz CT molecular complexity index is 1330. The van der Waals surface area contributed by atoms with Crippen molar-refractivity contribution < 1.29 is 29.0 Å². The van der Waals surface area contributed by atoms with Crippen molar-refractivity contribution in [3.8, 4) is 11.5 Å². The molecule has 202 valence electrons. The number of fused-ring (bicyclic) bond motifs is 4. The van der Waals surface area contributed by atoms with Gasteiger partial charge in [0, 0.05) is 18.5 Å². The Morgan fingerprint density at radius 1 is 1.08 bits per heavy atom. The lowest BCUT2D eigenvalue weighted by Crippen LogP contribution is -2.60. The van der Waals surface area contributed by atoms with E-state index in [1.54, 1.807) is 24.3 Å². The molecule has 1 aromatic carbocycles. The summed E-state index contributed by atoms with van der Waals surface area (Å²) in [4.78, 5) is 52.6. The highest BCUT2D eigenvalue weighted by Crippen LogP contribution is 2.63. The molecular formula is C28H30Cl2N2O6. The molecule has 1 saturated carbocycles. The molecule has 1 N–H and O–H groups in total. The minimum Gasteiger partial charge on any atom is -0.504 e. The summed E-state index contributed by atoms with van der Waals surface area (Å²) >= 11 is 14.2. The lowest BCUT2D eigenvalue weighted by Gasteiger charge is -2.49. The fraction of sp³-hybridized carbons (Fsp3) is 0.500. The smallest absolute Gasteiger partial charge is 0.253 e. The number of rotatable bonds is 3. The van der Waals surface area contributed by atoms with Crippen LogP contribution < -0.4 is 4.74 Å². The number of ether oxygens (including phenoxy) is 1. The Balaban J connectivity index is 1.64. The average molecular weight is 561 g/mol. The first-order valence-corrected chi connectivity index (χ1v) is 13.3. The summed E-state index contributed by atoms with van der Waals surface area (Å²) in [6.07, 6.45) is 5.63. The first-order valence-electron chi connectivity index (χ1n) is 12.5. The summed E-state index contributed by atoms with van der Waals surface area (Å²) < 4.78 is 5.20. The van der Waals surface area contributed by atoms with Crippen LogP contribution in [-0.4, -0.2) is 68.0 Å². The summed E-state index contributed by atoms with van der Waals surface area (Å²) in [5.74, 6) is -4.13. The number of alkyl halides is 2. The van der Waals surface area contributed by atoms with Crippen molar-refractivity contribution in [3.05, 3.63) is 41.5 Å². The molecule has 38 heavy (non-hydrogen) atoms. The number of methoxy groups -OCH3 is 1. The van der Waals surface area contributed by atoms with Crippen LogP contribution in [0.4, 0.5) is 0 Å². The summed E-state index contributed by atoms with van der Waals surface area (Å²) in [6.45, 7) is 5.44. The lowest BCUT2D eigenvalue weighted by atomic mass is 9.57. The van der Waals surface area contributed by atoms with Gasteiger partial charge in [0.25, 0.3) is 11.8 Å². The molecule has 0 unspecified atom stereocenters. The van der Waals surface area contributed by atoms with E-state index in [1.165, 1.54) is 25.1 Å². The molecule has 6 atom stereocenters. The second-order valence-corrected chi connectivity index (χ2v) is 12.8. The van der Waals surface area contributed by atoms with E-state index in [-0.39, 0.29) is 29.7 Å². The number of carbonyl (C=O) groups excluding carboxylic acids is 4. The standard InChI is InChI=1S/C28H30Cl2N2O6/c1-26(2,3)32-22(34)16-9-8-15-17(21(16)23(32)35)13-27(29)24(36)31(4)25(37)28(27,30)18(15)10-6-14-7-11-19(33)20(12-14)38-5/h6-8,10-12,16-18,21,33H,9,13H2,1-5H3/t16-,17+,18-,21-,27+,28-/m0/s1. The number of nitrogens with zero attached hydrogens (tertiary/aromatic N) is 2. The van der Waals surface area contributed by atoms with Crippen LogP contribution in [0.3, 0.4) is 0 Å². The first kappa shape index (κ1) is 26.8. The highest BCUT2D eigenvalue weighted by Gasteiger charge is 2.75. The number of aromatic hydroxyl groups is 1. The van der Waals surface area contributed by atoms with Gasteiger partial charge in [-0.2, -0.15) is 0 Å². The van der Waals surface area contributed by atoms with Crippen LogP contribution in [0.25, 0.3) is 6.08 Å². The van der Waals surface area contributed by atoms with Crippen molar-refractivity contribution in [2.75, 3.05) is 14.2 Å². The van der Waals surface area contributed by atoms with Crippen LogP contribution in [0.5, 0.6) is 11.5 Å². The third-order valence-electron chi connectivity index (χ3n) is 8.43. The zero-order valence-electron chi connectivity index (χ0n) is 21.8. The van der Waals surface area contributed by atoms with E-state index in [0.29, 0.717) is 12.0 Å². The summed E-state index contributed by atoms with van der Waals surface area (Å²) in [5, 5.41) is 9.96. The molecule has 0 spiro atoms. The molecule has 10 heteroatoms. The highest BCUT2D eigenvalue weighted by atomic mass is 35.5. The van der Waals surface area contributed by atoms with Crippen molar-refractivity contribution in [2.45, 2.75) is 48.9 Å². The highest BCUT2D eigenvalue weighted by molar-refractivity contribution is 6.53. The number of carbonyl (C=O) groups is 4. The van der Waals surface area contributed by atoms with Crippen molar-refractivity contribution in [1.29, 1.82) is 0 Å². The Kier molecular flexibility index (Phi) is 6.04. The van der Waals surface area contributed by atoms with Crippen LogP contribution in [0.1, 0.15) is 39.2 Å². The molecule has 2 aliphatic heterocycles. The van der Waals surface area contributed by atoms with Gasteiger partial charge in [-0.15, -0.1) is 23.2 Å². The number of hydrogen-bond donors (Lipinski definition) is 1. The molecule has 4 amide bonds. The van der Waals surface area contributed by atoms with Crippen molar-refractivity contribution in [2.24, 2.45) is 23.7 Å². The van der Waals surface area contributed by atoms with Crippen LogP contribution in [0.15, 0.2) is 35.9 Å². The molecule has 0 radical (unpaired) electrons. The predicted octanol–water partition coefficient (Wildman–Crippen LogP) is 3.73. The van der Waals surface area contributed by atoms with Crippen LogP contribution in [0.2, 0.25) is 0 Å². The number of amides is 4. The fourth-order valence-electron chi connectivity index (χ4n) is 6.66. The minimum absolute atomic E-state index is 0.0250. The molecule has 0 aromatic heterocycles. The normalized spacial score (nSPS) is 35.0. The van der Waals surface area contributed by atoms with E-state index in [1.807, 2.05) is 26.8 Å². The molecule has 0 bridgehead atoms. The minimum atomic E-state index is -1.82. The van der Waals surface area contributed by atoms with Crippen molar-refractivity contribution >= 4 is 52.9 Å². The Morgan fingerprint density at radius 2 is 1.76 bits per heavy atom. The lowest BCUT2D eigenvalue weighted by molar-refractivity contribution is -0.146. The molecule has 2 saturated heterocycles. The van der Waals surface area contributed by atoms with Gasteiger partial charge in [0.15, 0.2) is 21.2 Å². The molecular weight excluding hydrogens is 531 g/mol. The maximum absolute atomic E-state index is 13.7. The molecule has 8 nitrogen and oxygen atoms in total. The Labute approximate surface area is 231 Å². The van der Waals surface area contributed by atoms with Gasteiger partial charge in [-0.3, -0.25) is 29.0 Å². The largest absolute Gasteiger partial charge is 0.504 e. The SMILES string of the molecule is COc1cc(C=C[C@H]2C3=CC[C@@H]4C(=O)N(C(C)(C)C)C(=O)[C@@H]4[C@@H]3C[C@@]3(Cl)C(=O)N(C)C(=O)[C@@]23Cl)ccc1O.